The van der Waals surface area contributed by atoms with Crippen molar-refractivity contribution in [1.82, 2.24) is 0 Å². The van der Waals surface area contributed by atoms with E-state index in [-0.39, 0.29) is 0 Å². The van der Waals surface area contributed by atoms with E-state index >= 15 is 0 Å². The van der Waals surface area contributed by atoms with Crippen LogP contribution in [0.25, 0.3) is 0 Å². The zero-order chi connectivity index (χ0) is 10.1. The summed E-state index contributed by atoms with van der Waals surface area (Å²) in [6.45, 7) is 4.08. The van der Waals surface area contributed by atoms with Crippen LogP contribution in [0.3, 0.4) is 0 Å². The van der Waals surface area contributed by atoms with Crippen LogP contribution in [-0.2, 0) is 0 Å². The molecule has 0 aliphatic carbocycles. The molecule has 1 aliphatic rings. The highest BCUT2D eigenvalue weighted by molar-refractivity contribution is 5.51. The summed E-state index contributed by atoms with van der Waals surface area (Å²) in [5.74, 6) is 1.27. The Labute approximate surface area is 82.6 Å². The molecule has 74 valence electrons. The molecule has 1 heterocycles. The van der Waals surface area contributed by atoms with Gasteiger partial charge in [-0.15, -0.1) is 0 Å². The van der Waals surface area contributed by atoms with Crippen molar-refractivity contribution in [3.05, 3.63) is 35.9 Å². The molecular weight excluding hydrogens is 180 g/mol. The normalized spacial score (nSPS) is 19.9. The van der Waals surface area contributed by atoms with E-state index in [1.54, 1.807) is 13.2 Å². The van der Waals surface area contributed by atoms with Crippen LogP contribution < -0.4 is 9.47 Å². The zero-order valence-electron chi connectivity index (χ0n) is 7.99. The number of benzene rings is 1. The Bertz CT molecular complexity index is 371. The lowest BCUT2D eigenvalue weighted by Gasteiger charge is -2.25. The highest BCUT2D eigenvalue weighted by atomic mass is 16.5. The van der Waals surface area contributed by atoms with Gasteiger partial charge in [0.1, 0.15) is 12.7 Å². The van der Waals surface area contributed by atoms with Crippen molar-refractivity contribution in [3.63, 3.8) is 0 Å². The van der Waals surface area contributed by atoms with Crippen molar-refractivity contribution in [1.29, 1.82) is 0 Å². The molecule has 1 atom stereocenters. The van der Waals surface area contributed by atoms with Gasteiger partial charge in [0.2, 0.25) is 0 Å². The molecule has 1 N–H and O–H groups in total. The summed E-state index contributed by atoms with van der Waals surface area (Å²) in [7, 11) is 1.58. The summed E-state index contributed by atoms with van der Waals surface area (Å²) < 4.78 is 10.6. The fraction of sp³-hybridized carbons (Fsp3) is 0.273. The van der Waals surface area contributed by atoms with Gasteiger partial charge in [-0.2, -0.15) is 0 Å². The summed E-state index contributed by atoms with van der Waals surface area (Å²) in [5.41, 5.74) is 1.39. The minimum absolute atomic E-state index is 0.342. The number of fused-ring (bicyclic) bond motifs is 1. The number of rotatable bonds is 1. The molecule has 0 saturated carbocycles. The van der Waals surface area contributed by atoms with Gasteiger partial charge in [0, 0.05) is 5.56 Å². The fourth-order valence-corrected chi connectivity index (χ4v) is 1.53. The molecule has 14 heavy (non-hydrogen) atoms. The molecule has 0 radical (unpaired) electrons. The van der Waals surface area contributed by atoms with Gasteiger partial charge in [0.25, 0.3) is 0 Å². The van der Waals surface area contributed by atoms with Crippen LogP contribution in [0, 0.1) is 0 Å². The van der Waals surface area contributed by atoms with Crippen molar-refractivity contribution >= 4 is 0 Å². The molecule has 1 aliphatic heterocycles. The monoisotopic (exact) mass is 192 g/mol. The molecule has 0 fully saturated rings. The molecule has 0 bridgehead atoms. The third kappa shape index (κ3) is 1.26. The van der Waals surface area contributed by atoms with E-state index in [0.717, 1.165) is 5.56 Å². The van der Waals surface area contributed by atoms with Crippen molar-refractivity contribution in [2.75, 3.05) is 13.7 Å². The second-order valence-electron chi connectivity index (χ2n) is 3.23. The summed E-state index contributed by atoms with van der Waals surface area (Å²) >= 11 is 0. The van der Waals surface area contributed by atoms with Gasteiger partial charge in [-0.25, -0.2) is 0 Å². The average Bonchev–Trinajstić information content (AvgIpc) is 2.23. The summed E-state index contributed by atoms with van der Waals surface area (Å²) in [6, 6.07) is 5.44. The fourth-order valence-electron chi connectivity index (χ4n) is 1.53. The van der Waals surface area contributed by atoms with E-state index in [2.05, 4.69) is 6.58 Å². The molecule has 3 nitrogen and oxygen atoms in total. The number of ether oxygens (including phenoxy) is 2. The van der Waals surface area contributed by atoms with Gasteiger partial charge < -0.3 is 14.6 Å². The second kappa shape index (κ2) is 3.35. The quantitative estimate of drug-likeness (QED) is 0.688. The van der Waals surface area contributed by atoms with Crippen molar-refractivity contribution in [3.8, 4) is 11.5 Å². The first-order valence-corrected chi connectivity index (χ1v) is 4.39. The van der Waals surface area contributed by atoms with E-state index in [0.29, 0.717) is 23.7 Å². The molecule has 0 aromatic heterocycles. The molecule has 2 rings (SSSR count). The third-order valence-electron chi connectivity index (χ3n) is 2.31. The predicted molar refractivity (Wildman–Crippen MR) is 52.6 cm³/mol. The maximum absolute atomic E-state index is 9.81. The SMILES string of the molecule is C=C1COc2c(OC)cccc2C1O. The van der Waals surface area contributed by atoms with Gasteiger partial charge in [0.15, 0.2) is 11.5 Å². The molecule has 3 heteroatoms. The van der Waals surface area contributed by atoms with Crippen LogP contribution in [-0.4, -0.2) is 18.8 Å². The Hall–Kier alpha value is -1.48. The van der Waals surface area contributed by atoms with Gasteiger partial charge in [-0.05, 0) is 11.6 Å². The van der Waals surface area contributed by atoms with Crippen molar-refractivity contribution in [2.45, 2.75) is 6.10 Å². The van der Waals surface area contributed by atoms with Crippen molar-refractivity contribution < 1.29 is 14.6 Å². The summed E-state index contributed by atoms with van der Waals surface area (Å²) in [4.78, 5) is 0. The molecular formula is C11H12O3. The van der Waals surface area contributed by atoms with E-state index in [1.165, 1.54) is 0 Å². The highest BCUT2D eigenvalue weighted by Gasteiger charge is 2.24. The lowest BCUT2D eigenvalue weighted by atomic mass is 9.99. The zero-order valence-corrected chi connectivity index (χ0v) is 7.99. The number of hydrogen-bond acceptors (Lipinski definition) is 3. The number of methoxy groups -OCH3 is 1. The van der Waals surface area contributed by atoms with Crippen LogP contribution in [0.5, 0.6) is 11.5 Å². The van der Waals surface area contributed by atoms with Crippen LogP contribution in [0.4, 0.5) is 0 Å². The lowest BCUT2D eigenvalue weighted by molar-refractivity contribution is 0.167. The Morgan fingerprint density at radius 2 is 2.36 bits per heavy atom. The van der Waals surface area contributed by atoms with Crippen LogP contribution in [0.15, 0.2) is 30.4 Å². The molecule has 0 amide bonds. The number of hydrogen-bond donors (Lipinski definition) is 1. The highest BCUT2D eigenvalue weighted by Crippen LogP contribution is 2.40. The smallest absolute Gasteiger partial charge is 0.167 e. The Balaban J connectivity index is 2.52. The Kier molecular flexibility index (Phi) is 2.17. The van der Waals surface area contributed by atoms with Gasteiger partial charge in [0.05, 0.1) is 7.11 Å². The molecule has 1 unspecified atom stereocenters. The first-order valence-electron chi connectivity index (χ1n) is 4.39. The van der Waals surface area contributed by atoms with E-state index < -0.39 is 6.10 Å². The van der Waals surface area contributed by atoms with Crippen LogP contribution in [0.1, 0.15) is 11.7 Å². The summed E-state index contributed by atoms with van der Waals surface area (Å²) in [6.07, 6.45) is -0.645. The molecule has 1 aromatic carbocycles. The predicted octanol–water partition coefficient (Wildman–Crippen LogP) is 1.68. The number of aliphatic hydroxyl groups excluding tert-OH is 1. The molecule has 1 aromatic rings. The second-order valence-corrected chi connectivity index (χ2v) is 3.23. The average molecular weight is 192 g/mol. The molecule has 0 saturated heterocycles. The van der Waals surface area contributed by atoms with Gasteiger partial charge in [-0.3, -0.25) is 0 Å². The maximum atomic E-state index is 9.81. The first kappa shape index (κ1) is 9.09. The standard InChI is InChI=1S/C11H12O3/c1-7-6-14-11-8(10(7)12)4-3-5-9(11)13-2/h3-5,10,12H,1,6H2,2H3. The van der Waals surface area contributed by atoms with E-state index in [4.69, 9.17) is 9.47 Å². The van der Waals surface area contributed by atoms with Crippen molar-refractivity contribution in [2.24, 2.45) is 0 Å². The van der Waals surface area contributed by atoms with Gasteiger partial charge >= 0.3 is 0 Å². The Morgan fingerprint density at radius 3 is 3.07 bits per heavy atom. The van der Waals surface area contributed by atoms with E-state index in [9.17, 15) is 5.11 Å². The van der Waals surface area contributed by atoms with Gasteiger partial charge in [-0.1, -0.05) is 18.7 Å². The molecule has 0 spiro atoms. The lowest BCUT2D eigenvalue weighted by Crippen LogP contribution is -2.17. The maximum Gasteiger partial charge on any atom is 0.167 e. The minimum Gasteiger partial charge on any atom is -0.493 e. The number of para-hydroxylation sites is 1. The van der Waals surface area contributed by atoms with E-state index in [1.807, 2.05) is 12.1 Å². The topological polar surface area (TPSA) is 38.7 Å². The summed E-state index contributed by atoms with van der Waals surface area (Å²) in [5, 5.41) is 9.81. The van der Waals surface area contributed by atoms with Crippen LogP contribution >= 0.6 is 0 Å². The minimum atomic E-state index is -0.645. The largest absolute Gasteiger partial charge is 0.493 e. The Morgan fingerprint density at radius 1 is 1.57 bits per heavy atom. The first-order chi connectivity index (χ1) is 6.74. The third-order valence-corrected chi connectivity index (χ3v) is 2.31. The number of aliphatic hydroxyl groups is 1. The van der Waals surface area contributed by atoms with Crippen LogP contribution in [0.2, 0.25) is 0 Å².